The summed E-state index contributed by atoms with van der Waals surface area (Å²) in [7, 11) is 0. The van der Waals surface area contributed by atoms with Crippen molar-refractivity contribution in [1.82, 2.24) is 0 Å². The predicted octanol–water partition coefficient (Wildman–Crippen LogP) is 0.406. The van der Waals surface area contributed by atoms with Crippen LogP contribution in [0.1, 0.15) is 6.92 Å². The summed E-state index contributed by atoms with van der Waals surface area (Å²) in [5.41, 5.74) is 0. The van der Waals surface area contributed by atoms with Gasteiger partial charge in [0.15, 0.2) is 0 Å². The summed E-state index contributed by atoms with van der Waals surface area (Å²) < 4.78 is 6.05. The van der Waals surface area contributed by atoms with E-state index in [-0.39, 0.29) is 5.97 Å². The zero-order valence-corrected chi connectivity index (χ0v) is 8.63. The Morgan fingerprint density at radius 2 is 2.09 bits per heavy atom. The van der Waals surface area contributed by atoms with E-state index >= 15 is 0 Å². The fraction of sp³-hybridized carbons (Fsp3) is 0.125. The van der Waals surface area contributed by atoms with E-state index in [1.807, 2.05) is 24.3 Å². The molecule has 2 nitrogen and oxygen atoms in total. The molecule has 11 heavy (non-hydrogen) atoms. The fourth-order valence-electron chi connectivity index (χ4n) is 0.826. The number of esters is 1. The minimum absolute atomic E-state index is 0.256. The van der Waals surface area contributed by atoms with E-state index < -0.39 is 0 Å². The summed E-state index contributed by atoms with van der Waals surface area (Å²) in [6, 6.07) is 7.57. The number of hydrogen-bond acceptors (Lipinski definition) is 2. The van der Waals surface area contributed by atoms with Crippen molar-refractivity contribution in [3.05, 3.63) is 24.3 Å². The summed E-state index contributed by atoms with van der Waals surface area (Å²) in [6.07, 6.45) is 0. The number of carbonyl (C=O) groups excluding carboxylic acids is 1. The third kappa shape index (κ3) is 2.66. The second kappa shape index (κ2) is 3.90. The first kappa shape index (κ1) is 8.78. The molecule has 0 radical (unpaired) electrons. The van der Waals surface area contributed by atoms with Crippen LogP contribution in [0.5, 0.6) is 5.75 Å². The van der Waals surface area contributed by atoms with E-state index in [1.165, 1.54) is 6.92 Å². The Labute approximate surface area is 83.0 Å². The number of carbonyl (C=O) groups is 1. The minimum atomic E-state index is -0.256. The number of hydrogen-bond donors (Lipinski definition) is 0. The second-order valence-corrected chi connectivity index (χ2v) is 3.44. The van der Waals surface area contributed by atoms with Crippen molar-refractivity contribution in [3.8, 4) is 5.75 Å². The molecule has 3 heteroatoms. The number of benzene rings is 1. The van der Waals surface area contributed by atoms with Crippen molar-refractivity contribution in [1.29, 1.82) is 0 Å². The summed E-state index contributed by atoms with van der Waals surface area (Å²) in [5, 5.41) is 0. The quantitative estimate of drug-likeness (QED) is 0.336. The molecule has 1 rings (SSSR count). The Bertz CT molecular complexity index is 271. The molecule has 1 aromatic carbocycles. The Morgan fingerprint density at radius 1 is 1.45 bits per heavy atom. The van der Waals surface area contributed by atoms with E-state index in [0.29, 0.717) is 5.75 Å². The fourth-order valence-corrected chi connectivity index (χ4v) is 1.29. The Balaban J connectivity index is 2.86. The van der Waals surface area contributed by atoms with Gasteiger partial charge in [0.05, 0.1) is 0 Å². The first-order valence-electron chi connectivity index (χ1n) is 3.44. The molecule has 0 aliphatic rings. The van der Waals surface area contributed by atoms with Gasteiger partial charge < -0.3 is 0 Å². The van der Waals surface area contributed by atoms with Crippen molar-refractivity contribution >= 4 is 36.7 Å². The van der Waals surface area contributed by atoms with Crippen molar-refractivity contribution in [2.45, 2.75) is 6.92 Å². The van der Waals surface area contributed by atoms with E-state index in [2.05, 4.69) is 0 Å². The van der Waals surface area contributed by atoms with Gasteiger partial charge in [-0.2, -0.15) is 0 Å². The summed E-state index contributed by atoms with van der Waals surface area (Å²) >= 11 is 0.904. The van der Waals surface area contributed by atoms with Crippen LogP contribution in [-0.2, 0) is 4.79 Å². The van der Waals surface area contributed by atoms with Gasteiger partial charge in [-0.15, -0.1) is 0 Å². The zero-order chi connectivity index (χ0) is 8.27. The third-order valence-electron chi connectivity index (χ3n) is 1.35. The van der Waals surface area contributed by atoms with E-state index in [1.54, 1.807) is 0 Å². The topological polar surface area (TPSA) is 26.3 Å². The number of ether oxygens (including phenoxy) is 1. The van der Waals surface area contributed by atoms with E-state index in [9.17, 15) is 4.79 Å². The van der Waals surface area contributed by atoms with Gasteiger partial charge in [0, 0.05) is 0 Å². The molecule has 0 aliphatic carbocycles. The van der Waals surface area contributed by atoms with Crippen molar-refractivity contribution < 1.29 is 9.53 Å². The average Bonchev–Trinajstić information content (AvgIpc) is 1.93. The molecular formula is C8H7NaO2. The molecule has 0 heterocycles. The molecular weight excluding hydrogens is 151 g/mol. The summed E-state index contributed by atoms with van der Waals surface area (Å²) in [5.74, 6) is 0.444. The van der Waals surface area contributed by atoms with Crippen LogP contribution in [0.15, 0.2) is 24.3 Å². The molecule has 0 amide bonds. The standard InChI is InChI=1S/C8H7O2.Na/c1-7(9)10-8-5-3-2-4-6-8;/h2-5H,1H3;. The summed E-state index contributed by atoms with van der Waals surface area (Å²) in [4.78, 5) is 10.6. The van der Waals surface area contributed by atoms with Gasteiger partial charge in [0.2, 0.25) is 0 Å². The van der Waals surface area contributed by atoms with Crippen LogP contribution in [0.3, 0.4) is 0 Å². The molecule has 0 bridgehead atoms. The van der Waals surface area contributed by atoms with Crippen LogP contribution >= 0.6 is 0 Å². The molecule has 0 atom stereocenters. The van der Waals surface area contributed by atoms with Crippen LogP contribution < -0.4 is 7.55 Å². The second-order valence-electron chi connectivity index (χ2n) is 2.36. The van der Waals surface area contributed by atoms with Crippen LogP contribution in [0, 0.1) is 0 Å². The van der Waals surface area contributed by atoms with Gasteiger partial charge in [-0.05, 0) is 0 Å². The van der Waals surface area contributed by atoms with Gasteiger partial charge in [-0.3, -0.25) is 0 Å². The van der Waals surface area contributed by atoms with Crippen molar-refractivity contribution in [2.24, 2.45) is 0 Å². The van der Waals surface area contributed by atoms with Crippen LogP contribution in [0.4, 0.5) is 0 Å². The molecule has 0 fully saturated rings. The van der Waals surface area contributed by atoms with Gasteiger partial charge in [0.1, 0.15) is 0 Å². The molecule has 0 N–H and O–H groups in total. The molecule has 0 saturated heterocycles. The Kier molecular flexibility index (Phi) is 3.12. The average molecular weight is 158 g/mol. The monoisotopic (exact) mass is 158 g/mol. The Hall–Kier alpha value is -0.310. The van der Waals surface area contributed by atoms with E-state index in [0.717, 1.165) is 30.7 Å². The van der Waals surface area contributed by atoms with Crippen LogP contribution in [-0.4, -0.2) is 33.9 Å². The molecule has 0 aliphatic heterocycles. The molecule has 0 saturated carbocycles. The maximum atomic E-state index is 10.6. The first-order chi connectivity index (χ1) is 5.20. The Morgan fingerprint density at radius 3 is 2.64 bits per heavy atom. The van der Waals surface area contributed by atoms with Crippen molar-refractivity contribution in [2.75, 3.05) is 0 Å². The zero-order valence-electron chi connectivity index (χ0n) is 6.63. The molecule has 0 aromatic heterocycles. The molecule has 0 spiro atoms. The predicted molar refractivity (Wildman–Crippen MR) is 43.1 cm³/mol. The SMILES string of the molecule is CC(=O)Oc1cccc[c]1[Na]. The van der Waals surface area contributed by atoms with E-state index in [4.69, 9.17) is 4.74 Å². The molecule has 52 valence electrons. The third-order valence-corrected chi connectivity index (χ3v) is 2.17. The summed E-state index contributed by atoms with van der Waals surface area (Å²) in [6.45, 7) is 1.41. The molecule has 1 aromatic rings. The van der Waals surface area contributed by atoms with Crippen molar-refractivity contribution in [3.63, 3.8) is 0 Å². The maximum absolute atomic E-state index is 10.6. The van der Waals surface area contributed by atoms with Gasteiger partial charge in [-0.1, -0.05) is 0 Å². The normalized spacial score (nSPS) is 9.36. The number of para-hydroxylation sites is 1. The van der Waals surface area contributed by atoms with Gasteiger partial charge >= 0.3 is 83.2 Å². The van der Waals surface area contributed by atoms with Gasteiger partial charge in [0.25, 0.3) is 0 Å². The van der Waals surface area contributed by atoms with Gasteiger partial charge in [-0.25, -0.2) is 0 Å². The first-order valence-corrected chi connectivity index (χ1v) is 4.44. The van der Waals surface area contributed by atoms with Crippen LogP contribution in [0.2, 0.25) is 0 Å². The number of rotatable bonds is 1. The molecule has 0 unspecified atom stereocenters. The van der Waals surface area contributed by atoms with Crippen LogP contribution in [0.25, 0.3) is 0 Å².